The number of carbonyl (C=O) groups excluding carboxylic acids is 1. The lowest BCUT2D eigenvalue weighted by atomic mass is 9.99. The van der Waals surface area contributed by atoms with E-state index < -0.39 is 6.10 Å². The average molecular weight is 349 g/mol. The summed E-state index contributed by atoms with van der Waals surface area (Å²) in [6.45, 7) is 0.832. The third kappa shape index (κ3) is 3.65. The van der Waals surface area contributed by atoms with E-state index in [0.717, 1.165) is 19.4 Å². The lowest BCUT2D eigenvalue weighted by molar-refractivity contribution is -0.160. The monoisotopic (exact) mass is 349 g/mol. The molecule has 2 heterocycles. The first-order valence-corrected chi connectivity index (χ1v) is 9.17. The SMILES string of the molecule is O=C1C[C@H](O)C[C@H](CCc2cn(Cc3ccccc3)c3ccccc23)O1. The number of fused-ring (bicyclic) bond motifs is 1. The fourth-order valence-electron chi connectivity index (χ4n) is 3.79. The van der Waals surface area contributed by atoms with Gasteiger partial charge in [0.05, 0.1) is 12.5 Å². The number of cyclic esters (lactones) is 1. The summed E-state index contributed by atoms with van der Waals surface area (Å²) in [5, 5.41) is 11.0. The summed E-state index contributed by atoms with van der Waals surface area (Å²) in [6, 6.07) is 18.8. The minimum atomic E-state index is -0.569. The van der Waals surface area contributed by atoms with Crippen LogP contribution >= 0.6 is 0 Å². The van der Waals surface area contributed by atoms with Crippen LogP contribution in [0.2, 0.25) is 0 Å². The van der Waals surface area contributed by atoms with Crippen molar-refractivity contribution in [1.29, 1.82) is 0 Å². The van der Waals surface area contributed by atoms with E-state index in [1.165, 1.54) is 22.0 Å². The van der Waals surface area contributed by atoms with Crippen LogP contribution in [0.4, 0.5) is 0 Å². The number of esters is 1. The van der Waals surface area contributed by atoms with Gasteiger partial charge < -0.3 is 14.4 Å². The molecule has 2 atom stereocenters. The van der Waals surface area contributed by atoms with Crippen LogP contribution in [0, 0.1) is 0 Å². The molecular weight excluding hydrogens is 326 g/mol. The lowest BCUT2D eigenvalue weighted by Crippen LogP contribution is -2.32. The van der Waals surface area contributed by atoms with Crippen LogP contribution < -0.4 is 0 Å². The minimum Gasteiger partial charge on any atom is -0.462 e. The normalized spacial score (nSPS) is 20.3. The van der Waals surface area contributed by atoms with Crippen LogP contribution in [0.15, 0.2) is 60.8 Å². The molecule has 0 bridgehead atoms. The van der Waals surface area contributed by atoms with Crippen molar-refractivity contribution in [3.63, 3.8) is 0 Å². The molecule has 1 saturated heterocycles. The Morgan fingerprint density at radius 1 is 1.08 bits per heavy atom. The predicted octanol–water partition coefficient (Wildman–Crippen LogP) is 3.69. The fourth-order valence-corrected chi connectivity index (χ4v) is 3.79. The van der Waals surface area contributed by atoms with Gasteiger partial charge in [-0.3, -0.25) is 4.79 Å². The quantitative estimate of drug-likeness (QED) is 0.715. The van der Waals surface area contributed by atoms with Crippen LogP contribution in [-0.2, 0) is 22.5 Å². The van der Waals surface area contributed by atoms with E-state index in [1.807, 2.05) is 6.07 Å². The number of aliphatic hydroxyl groups excluding tert-OH is 1. The number of para-hydroxylation sites is 1. The number of aromatic nitrogens is 1. The third-order valence-electron chi connectivity index (χ3n) is 5.04. The van der Waals surface area contributed by atoms with E-state index in [2.05, 4.69) is 59.3 Å². The molecule has 4 heteroatoms. The molecule has 0 amide bonds. The Kier molecular flexibility index (Phi) is 4.76. The number of aryl methyl sites for hydroxylation is 1. The molecule has 26 heavy (non-hydrogen) atoms. The maximum atomic E-state index is 11.5. The molecule has 0 saturated carbocycles. The largest absolute Gasteiger partial charge is 0.462 e. The van der Waals surface area contributed by atoms with Gasteiger partial charge in [0.25, 0.3) is 0 Å². The molecule has 4 rings (SSSR count). The van der Waals surface area contributed by atoms with Gasteiger partial charge in [-0.05, 0) is 30.0 Å². The highest BCUT2D eigenvalue weighted by atomic mass is 16.5. The van der Waals surface area contributed by atoms with Crippen molar-refractivity contribution in [3.8, 4) is 0 Å². The topological polar surface area (TPSA) is 51.5 Å². The molecule has 0 spiro atoms. The second-order valence-corrected chi connectivity index (χ2v) is 7.03. The second kappa shape index (κ2) is 7.34. The van der Waals surface area contributed by atoms with E-state index in [0.29, 0.717) is 6.42 Å². The number of benzene rings is 2. The van der Waals surface area contributed by atoms with Gasteiger partial charge in [0.15, 0.2) is 0 Å². The number of hydrogen-bond acceptors (Lipinski definition) is 3. The third-order valence-corrected chi connectivity index (χ3v) is 5.04. The van der Waals surface area contributed by atoms with E-state index >= 15 is 0 Å². The number of rotatable bonds is 5. The molecule has 1 fully saturated rings. The number of hydrogen-bond donors (Lipinski definition) is 1. The molecule has 2 aromatic carbocycles. The zero-order valence-corrected chi connectivity index (χ0v) is 14.7. The van der Waals surface area contributed by atoms with E-state index in [9.17, 15) is 9.90 Å². The fraction of sp³-hybridized carbons (Fsp3) is 0.318. The number of aliphatic hydroxyl groups is 1. The summed E-state index contributed by atoms with van der Waals surface area (Å²) in [5.41, 5.74) is 3.74. The van der Waals surface area contributed by atoms with Crippen LogP contribution in [0.1, 0.15) is 30.4 Å². The Morgan fingerprint density at radius 3 is 2.65 bits per heavy atom. The molecule has 1 aromatic heterocycles. The molecule has 3 aromatic rings. The van der Waals surface area contributed by atoms with E-state index in [-0.39, 0.29) is 18.5 Å². The van der Waals surface area contributed by atoms with Crippen molar-refractivity contribution >= 4 is 16.9 Å². The number of ether oxygens (including phenoxy) is 1. The van der Waals surface area contributed by atoms with Gasteiger partial charge in [0.1, 0.15) is 6.10 Å². The van der Waals surface area contributed by atoms with Gasteiger partial charge in [-0.1, -0.05) is 48.5 Å². The molecule has 0 unspecified atom stereocenters. The van der Waals surface area contributed by atoms with Crippen LogP contribution in [-0.4, -0.2) is 27.9 Å². The zero-order chi connectivity index (χ0) is 17.9. The summed E-state index contributed by atoms with van der Waals surface area (Å²) in [7, 11) is 0. The van der Waals surface area contributed by atoms with Crippen molar-refractivity contribution in [3.05, 3.63) is 71.9 Å². The van der Waals surface area contributed by atoms with Crippen molar-refractivity contribution in [2.45, 2.75) is 44.4 Å². The molecule has 134 valence electrons. The standard InChI is InChI=1S/C22H23NO3/c24-18-12-19(26-22(25)13-18)11-10-17-15-23(14-16-6-2-1-3-7-16)21-9-5-4-8-20(17)21/h1-9,15,18-19,24H,10-14H2/t18-,19+/m1/s1. The molecule has 4 nitrogen and oxygen atoms in total. The first-order chi connectivity index (χ1) is 12.7. The highest BCUT2D eigenvalue weighted by Gasteiger charge is 2.27. The summed E-state index contributed by atoms with van der Waals surface area (Å²) in [5.74, 6) is -0.291. The molecule has 0 aliphatic carbocycles. The summed E-state index contributed by atoms with van der Waals surface area (Å²) in [6.07, 6.45) is 3.66. The Balaban J connectivity index is 1.54. The molecule has 0 radical (unpaired) electrons. The van der Waals surface area contributed by atoms with Gasteiger partial charge >= 0.3 is 5.97 Å². The second-order valence-electron chi connectivity index (χ2n) is 7.03. The smallest absolute Gasteiger partial charge is 0.308 e. The van der Waals surface area contributed by atoms with Crippen molar-refractivity contribution in [2.24, 2.45) is 0 Å². The highest BCUT2D eigenvalue weighted by Crippen LogP contribution is 2.26. The first kappa shape index (κ1) is 16.9. The lowest BCUT2D eigenvalue weighted by Gasteiger charge is -2.25. The maximum Gasteiger partial charge on any atom is 0.308 e. The van der Waals surface area contributed by atoms with Crippen LogP contribution in [0.25, 0.3) is 10.9 Å². The molecule has 1 aliphatic rings. The van der Waals surface area contributed by atoms with Crippen molar-refractivity contribution < 1.29 is 14.6 Å². The van der Waals surface area contributed by atoms with Gasteiger partial charge in [0.2, 0.25) is 0 Å². The summed E-state index contributed by atoms with van der Waals surface area (Å²) in [4.78, 5) is 11.5. The van der Waals surface area contributed by atoms with E-state index in [4.69, 9.17) is 4.74 Å². The first-order valence-electron chi connectivity index (χ1n) is 9.17. The Morgan fingerprint density at radius 2 is 1.85 bits per heavy atom. The van der Waals surface area contributed by atoms with Crippen LogP contribution in [0.3, 0.4) is 0 Å². The number of carbonyl (C=O) groups is 1. The van der Waals surface area contributed by atoms with Gasteiger partial charge in [0, 0.05) is 30.1 Å². The highest BCUT2D eigenvalue weighted by molar-refractivity contribution is 5.84. The van der Waals surface area contributed by atoms with Crippen molar-refractivity contribution in [1.82, 2.24) is 4.57 Å². The van der Waals surface area contributed by atoms with Gasteiger partial charge in [-0.15, -0.1) is 0 Å². The minimum absolute atomic E-state index is 0.118. The zero-order valence-electron chi connectivity index (χ0n) is 14.7. The maximum absolute atomic E-state index is 11.5. The number of nitrogens with zero attached hydrogens (tertiary/aromatic N) is 1. The molecule has 1 N–H and O–H groups in total. The van der Waals surface area contributed by atoms with Crippen molar-refractivity contribution in [2.75, 3.05) is 0 Å². The summed E-state index contributed by atoms with van der Waals surface area (Å²) < 4.78 is 7.67. The van der Waals surface area contributed by atoms with Gasteiger partial charge in [-0.25, -0.2) is 0 Å². The Hall–Kier alpha value is -2.59. The predicted molar refractivity (Wildman–Crippen MR) is 101 cm³/mol. The van der Waals surface area contributed by atoms with Crippen LogP contribution in [0.5, 0.6) is 0 Å². The van der Waals surface area contributed by atoms with Gasteiger partial charge in [-0.2, -0.15) is 0 Å². The molecular formula is C22H23NO3. The van der Waals surface area contributed by atoms with E-state index in [1.54, 1.807) is 0 Å². The molecule has 1 aliphatic heterocycles. The Labute approximate surface area is 153 Å². The Bertz CT molecular complexity index is 900. The summed E-state index contributed by atoms with van der Waals surface area (Å²) >= 11 is 0. The average Bonchev–Trinajstić information content (AvgIpc) is 2.98.